The van der Waals surface area contributed by atoms with Crippen molar-refractivity contribution in [3.63, 3.8) is 0 Å². The van der Waals surface area contributed by atoms with Crippen LogP contribution < -0.4 is 9.47 Å². The normalized spacial score (nSPS) is 43.7. The molecule has 2 bridgehead atoms. The average molecular weight is 316 g/mol. The van der Waals surface area contributed by atoms with Crippen molar-refractivity contribution in [1.29, 1.82) is 0 Å². The quantitative estimate of drug-likeness (QED) is 0.744. The Labute approximate surface area is 136 Å². The van der Waals surface area contributed by atoms with Gasteiger partial charge in [0.15, 0.2) is 11.5 Å². The lowest BCUT2D eigenvalue weighted by Crippen LogP contribution is -2.75. The Kier molecular flexibility index (Phi) is 2.28. The van der Waals surface area contributed by atoms with E-state index in [1.807, 2.05) is 7.05 Å². The highest BCUT2D eigenvalue weighted by molar-refractivity contribution is 5.64. The number of aliphatic hydroxyl groups is 2. The molecule has 2 aliphatic carbocycles. The standard InChI is InChI=1S/C18H21NO4/c1-19-8-7-17-14-10-3-4-12(22-2)15(14)23-16(17)11(20)5-6-18(17,21)13(19)9-10/h3-6,11,13,16,20-21H,7-9H2,1-2H3/t11-,13+,16-,17-,18+/m0/s1/i3D. The van der Waals surface area contributed by atoms with Crippen molar-refractivity contribution in [2.45, 2.75) is 42.1 Å². The molecule has 0 amide bonds. The predicted molar refractivity (Wildman–Crippen MR) is 83.9 cm³/mol. The highest BCUT2D eigenvalue weighted by Crippen LogP contribution is 2.63. The Morgan fingerprint density at radius 2 is 2.35 bits per heavy atom. The second-order valence-electron chi connectivity index (χ2n) is 7.18. The minimum atomic E-state index is -1.11. The van der Waals surface area contributed by atoms with Crippen LogP contribution in [0, 0.1) is 0 Å². The zero-order valence-corrected chi connectivity index (χ0v) is 13.2. The Hall–Kier alpha value is -1.56. The van der Waals surface area contributed by atoms with Crippen molar-refractivity contribution >= 4 is 0 Å². The average Bonchev–Trinajstić information content (AvgIpc) is 2.90. The summed E-state index contributed by atoms with van der Waals surface area (Å²) in [4.78, 5) is 2.16. The fourth-order valence-corrected chi connectivity index (χ4v) is 5.33. The molecular weight excluding hydrogens is 294 g/mol. The molecule has 2 heterocycles. The van der Waals surface area contributed by atoms with Crippen LogP contribution in [0.15, 0.2) is 24.3 Å². The highest BCUT2D eigenvalue weighted by Gasteiger charge is 2.71. The molecule has 0 unspecified atom stereocenters. The number of likely N-dealkylation sites (tertiary alicyclic amines) is 1. The maximum absolute atomic E-state index is 11.7. The highest BCUT2D eigenvalue weighted by atomic mass is 16.5. The van der Waals surface area contributed by atoms with E-state index in [1.165, 1.54) is 0 Å². The second kappa shape index (κ2) is 4.09. The zero-order chi connectivity index (χ0) is 16.9. The number of hydrogen-bond donors (Lipinski definition) is 2. The minimum absolute atomic E-state index is 0.128. The van der Waals surface area contributed by atoms with Crippen molar-refractivity contribution in [2.75, 3.05) is 20.7 Å². The molecule has 1 aromatic carbocycles. The molecule has 1 spiro atoms. The lowest BCUT2D eigenvalue weighted by molar-refractivity contribution is -0.151. The summed E-state index contributed by atoms with van der Waals surface area (Å²) in [6, 6.07) is 1.97. The smallest absolute Gasteiger partial charge is 0.166 e. The Bertz CT molecular complexity index is 781. The van der Waals surface area contributed by atoms with Crippen LogP contribution in [-0.4, -0.2) is 59.7 Å². The number of rotatable bonds is 1. The van der Waals surface area contributed by atoms with Gasteiger partial charge in [-0.15, -0.1) is 0 Å². The number of methoxy groups -OCH3 is 1. The van der Waals surface area contributed by atoms with Crippen LogP contribution in [0.3, 0.4) is 0 Å². The van der Waals surface area contributed by atoms with Crippen molar-refractivity contribution in [2.24, 2.45) is 0 Å². The van der Waals surface area contributed by atoms with Gasteiger partial charge in [0.1, 0.15) is 17.8 Å². The Morgan fingerprint density at radius 3 is 3.13 bits per heavy atom. The topological polar surface area (TPSA) is 62.2 Å². The summed E-state index contributed by atoms with van der Waals surface area (Å²) in [6.07, 6.45) is 3.35. The molecule has 0 saturated carbocycles. The van der Waals surface area contributed by atoms with E-state index in [1.54, 1.807) is 25.3 Å². The molecule has 2 N–H and O–H groups in total. The van der Waals surface area contributed by atoms with Gasteiger partial charge < -0.3 is 19.7 Å². The molecule has 1 saturated heterocycles. The van der Waals surface area contributed by atoms with Gasteiger partial charge in [-0.2, -0.15) is 0 Å². The van der Waals surface area contributed by atoms with Crippen LogP contribution in [0.4, 0.5) is 0 Å². The number of hydrogen-bond acceptors (Lipinski definition) is 5. The largest absolute Gasteiger partial charge is 0.493 e. The van der Waals surface area contributed by atoms with Crippen molar-refractivity contribution in [3.05, 3.63) is 35.4 Å². The Balaban J connectivity index is 1.89. The van der Waals surface area contributed by atoms with Gasteiger partial charge in [0.25, 0.3) is 0 Å². The molecule has 5 heteroatoms. The van der Waals surface area contributed by atoms with Gasteiger partial charge in [-0.25, -0.2) is 0 Å². The Morgan fingerprint density at radius 1 is 1.52 bits per heavy atom. The van der Waals surface area contributed by atoms with Gasteiger partial charge >= 0.3 is 0 Å². The van der Waals surface area contributed by atoms with Gasteiger partial charge in [0.2, 0.25) is 0 Å². The summed E-state index contributed by atoms with van der Waals surface area (Å²) in [5, 5.41) is 22.3. The van der Waals surface area contributed by atoms with Crippen LogP contribution in [0.1, 0.15) is 18.9 Å². The molecule has 23 heavy (non-hydrogen) atoms. The van der Waals surface area contributed by atoms with E-state index in [0.29, 0.717) is 30.4 Å². The van der Waals surface area contributed by atoms with Crippen LogP contribution in [0.25, 0.3) is 0 Å². The van der Waals surface area contributed by atoms with Crippen LogP contribution in [0.5, 0.6) is 11.5 Å². The molecular formula is C18H21NO4. The molecule has 5 rings (SSSR count). The number of piperidine rings is 1. The van der Waals surface area contributed by atoms with E-state index < -0.39 is 23.2 Å². The maximum atomic E-state index is 11.7. The molecule has 0 aromatic heterocycles. The van der Waals surface area contributed by atoms with Crippen LogP contribution in [0.2, 0.25) is 0 Å². The third-order valence-corrected chi connectivity index (χ3v) is 6.40. The number of likely N-dealkylation sites (N-methyl/N-ethyl adjacent to an activating group) is 1. The van der Waals surface area contributed by atoms with Crippen molar-refractivity contribution in [3.8, 4) is 11.5 Å². The van der Waals surface area contributed by atoms with E-state index in [4.69, 9.17) is 10.8 Å². The molecule has 122 valence electrons. The van der Waals surface area contributed by atoms with E-state index in [0.717, 1.165) is 17.7 Å². The lowest BCUT2D eigenvalue weighted by Gasteiger charge is -2.61. The summed E-state index contributed by atoms with van der Waals surface area (Å²) in [5.74, 6) is 1.10. The SMILES string of the molecule is [2H]c1cc(OC)c2c3c1C[C@H]1N(C)CC[C@@]34[C@@H](O2)[C@@H](O)C=C[C@@]14O. The zero-order valence-electron chi connectivity index (χ0n) is 14.2. The molecule has 5 atom stereocenters. The number of aliphatic hydroxyl groups excluding tert-OH is 1. The summed E-state index contributed by atoms with van der Waals surface area (Å²) in [5.41, 5.74) is -0.0313. The lowest BCUT2D eigenvalue weighted by atomic mass is 9.50. The van der Waals surface area contributed by atoms with Crippen LogP contribution >= 0.6 is 0 Å². The van der Waals surface area contributed by atoms with E-state index >= 15 is 0 Å². The fourth-order valence-electron chi connectivity index (χ4n) is 5.33. The van der Waals surface area contributed by atoms with Gasteiger partial charge in [0, 0.05) is 11.6 Å². The third-order valence-electron chi connectivity index (χ3n) is 6.40. The minimum Gasteiger partial charge on any atom is -0.493 e. The van der Waals surface area contributed by atoms with Gasteiger partial charge in [-0.3, -0.25) is 4.90 Å². The maximum Gasteiger partial charge on any atom is 0.166 e. The second-order valence-corrected chi connectivity index (χ2v) is 7.18. The first-order valence-corrected chi connectivity index (χ1v) is 8.11. The summed E-state index contributed by atoms with van der Waals surface area (Å²) in [6.45, 7) is 0.816. The van der Waals surface area contributed by atoms with Gasteiger partial charge in [0.05, 0.1) is 13.9 Å². The molecule has 1 aromatic rings. The molecule has 4 aliphatic rings. The third kappa shape index (κ3) is 1.32. The van der Waals surface area contributed by atoms with E-state index in [2.05, 4.69) is 4.90 Å². The number of nitrogens with zero attached hydrogens (tertiary/aromatic N) is 1. The summed E-state index contributed by atoms with van der Waals surface area (Å²) in [7, 11) is 3.57. The van der Waals surface area contributed by atoms with E-state index in [9.17, 15) is 10.2 Å². The summed E-state index contributed by atoms with van der Waals surface area (Å²) >= 11 is 0. The molecule has 5 nitrogen and oxygen atoms in total. The molecule has 0 radical (unpaired) electrons. The number of ether oxygens (including phenoxy) is 2. The fraction of sp³-hybridized carbons (Fsp3) is 0.556. The van der Waals surface area contributed by atoms with Gasteiger partial charge in [-0.1, -0.05) is 18.2 Å². The molecule has 1 fully saturated rings. The first kappa shape index (κ1) is 12.8. The van der Waals surface area contributed by atoms with Gasteiger partial charge in [-0.05, 0) is 38.1 Å². The first-order chi connectivity index (χ1) is 11.4. The van der Waals surface area contributed by atoms with Crippen molar-refractivity contribution < 1.29 is 21.1 Å². The first-order valence-electron chi connectivity index (χ1n) is 8.61. The van der Waals surface area contributed by atoms with Crippen molar-refractivity contribution in [1.82, 2.24) is 4.90 Å². The molecule has 2 aliphatic heterocycles. The van der Waals surface area contributed by atoms with Crippen LogP contribution in [-0.2, 0) is 11.8 Å². The monoisotopic (exact) mass is 316 g/mol. The van der Waals surface area contributed by atoms with E-state index in [-0.39, 0.29) is 6.04 Å². The predicted octanol–water partition coefficient (Wildman–Crippen LogP) is 0.616. The number of benzene rings is 1. The summed E-state index contributed by atoms with van der Waals surface area (Å²) < 4.78 is 20.1.